The van der Waals surface area contributed by atoms with Crippen molar-refractivity contribution in [3.05, 3.63) is 26.5 Å². The van der Waals surface area contributed by atoms with E-state index >= 15 is 0 Å². The smallest absolute Gasteiger partial charge is 0.360 e. The van der Waals surface area contributed by atoms with E-state index in [1.54, 1.807) is 13.8 Å². The van der Waals surface area contributed by atoms with Crippen LogP contribution in [-0.2, 0) is 14.3 Å². The third kappa shape index (κ3) is 2.78. The Labute approximate surface area is 112 Å². The van der Waals surface area contributed by atoms with Gasteiger partial charge in [-0.15, -0.1) is 5.10 Å². The van der Waals surface area contributed by atoms with Gasteiger partial charge >= 0.3 is 11.9 Å². The molecular formula is C11H13N3O6. The fourth-order valence-corrected chi connectivity index (χ4v) is 1.37. The Balaban J connectivity index is 3.77. The van der Waals surface area contributed by atoms with Crippen LogP contribution in [0.3, 0.4) is 0 Å². The third-order valence-corrected chi connectivity index (χ3v) is 2.17. The van der Waals surface area contributed by atoms with E-state index in [1.807, 2.05) is 0 Å². The van der Waals surface area contributed by atoms with Crippen molar-refractivity contribution >= 4 is 17.9 Å². The summed E-state index contributed by atoms with van der Waals surface area (Å²) >= 11 is 0. The van der Waals surface area contributed by atoms with Crippen LogP contribution in [0.25, 0.3) is 5.95 Å². The zero-order chi connectivity index (χ0) is 15.3. The predicted octanol–water partition coefficient (Wildman–Crippen LogP) is -2.70. The van der Waals surface area contributed by atoms with Crippen molar-refractivity contribution < 1.29 is 24.2 Å². The van der Waals surface area contributed by atoms with Crippen LogP contribution in [0, 0.1) is 0 Å². The number of carbonyl (C=O) groups excluding carboxylic acids is 2. The molecule has 0 aromatic carbocycles. The lowest BCUT2D eigenvalue weighted by molar-refractivity contribution is 0.0514. The average molecular weight is 283 g/mol. The standard InChI is InChI=1S/C11H13N3O6/c1-3-19-10(17)7-6(5-15)9(16)8(14(12)13-7)11(18)20-4-2/h18H,3-4,12H2,1-2H3. The minimum atomic E-state index is -1.04. The first kappa shape index (κ1) is 15.3. The van der Waals surface area contributed by atoms with Crippen molar-refractivity contribution in [1.29, 1.82) is 0 Å². The lowest BCUT2D eigenvalue weighted by Crippen LogP contribution is -2.53. The molecule has 9 heteroatoms. The maximum absolute atomic E-state index is 12.0. The number of aliphatic hydroxyl groups excluding tert-OH is 1. The fourth-order valence-electron chi connectivity index (χ4n) is 1.37. The van der Waals surface area contributed by atoms with E-state index in [2.05, 4.69) is 9.84 Å². The molecule has 0 aliphatic rings. The summed E-state index contributed by atoms with van der Waals surface area (Å²) in [6.45, 7) is 3.19. The number of esters is 1. The average Bonchev–Trinajstić information content (AvgIpc) is 2.38. The molecule has 0 unspecified atom stereocenters. The summed E-state index contributed by atoms with van der Waals surface area (Å²) in [6, 6.07) is 0. The van der Waals surface area contributed by atoms with E-state index in [4.69, 9.17) is 10.6 Å². The van der Waals surface area contributed by atoms with Gasteiger partial charge in [0, 0.05) is 0 Å². The Morgan fingerprint density at radius 1 is 1.40 bits per heavy atom. The summed E-state index contributed by atoms with van der Waals surface area (Å²) in [5.74, 6) is 4.91. The topological polar surface area (TPSA) is 134 Å². The van der Waals surface area contributed by atoms with Crippen molar-refractivity contribution in [2.24, 2.45) is 0 Å². The molecule has 1 rings (SSSR count). The van der Waals surface area contributed by atoms with Crippen LogP contribution in [0.1, 0.15) is 24.3 Å². The summed E-state index contributed by atoms with van der Waals surface area (Å²) in [5, 5.41) is 11.8. The molecule has 108 valence electrons. The van der Waals surface area contributed by atoms with Gasteiger partial charge in [0.15, 0.2) is 5.69 Å². The number of hydrogen-bond donors (Lipinski definition) is 2. The van der Waals surface area contributed by atoms with E-state index in [0.717, 1.165) is 0 Å². The number of nitrogens with zero attached hydrogens (tertiary/aromatic N) is 2. The van der Waals surface area contributed by atoms with Gasteiger partial charge in [0.05, 0.1) is 13.2 Å². The Kier molecular flexibility index (Phi) is 4.88. The number of hydrogen-bond acceptors (Lipinski definition) is 8. The third-order valence-electron chi connectivity index (χ3n) is 2.17. The van der Waals surface area contributed by atoms with Gasteiger partial charge in [-0.2, -0.15) is 4.79 Å². The molecule has 0 bridgehead atoms. The molecule has 0 saturated carbocycles. The van der Waals surface area contributed by atoms with E-state index in [9.17, 15) is 19.5 Å². The highest BCUT2D eigenvalue weighted by Crippen LogP contribution is 1.88. The molecule has 1 aromatic heterocycles. The lowest BCUT2D eigenvalue weighted by atomic mass is 10.3. The highest BCUT2D eigenvalue weighted by Gasteiger charge is 2.18. The summed E-state index contributed by atoms with van der Waals surface area (Å²) in [4.78, 5) is 34.8. The minimum Gasteiger partial charge on any atom is -0.479 e. The number of aromatic nitrogens is 2. The summed E-state index contributed by atoms with van der Waals surface area (Å²) in [6.07, 6.45) is 0. The largest absolute Gasteiger partial charge is 0.479 e. The SMILES string of the molecule is CCOC(=O)c1nn(N)c(=C(O)OCC)c(=O)c1=C=O. The molecule has 20 heavy (non-hydrogen) atoms. The Bertz CT molecular complexity index is 717. The fraction of sp³-hybridized carbons (Fsp3) is 0.364. The molecule has 0 aliphatic carbocycles. The maximum atomic E-state index is 12.0. The molecular weight excluding hydrogens is 270 g/mol. The predicted molar refractivity (Wildman–Crippen MR) is 66.3 cm³/mol. The van der Waals surface area contributed by atoms with Crippen molar-refractivity contribution in [2.75, 3.05) is 19.1 Å². The molecule has 0 radical (unpaired) electrons. The number of nitrogen functional groups attached to an aromatic ring is 1. The van der Waals surface area contributed by atoms with Crippen LogP contribution < -0.4 is 21.8 Å². The Morgan fingerprint density at radius 3 is 2.50 bits per heavy atom. The molecule has 1 aromatic rings. The number of ether oxygens (including phenoxy) is 2. The van der Waals surface area contributed by atoms with Gasteiger partial charge in [0.1, 0.15) is 11.2 Å². The zero-order valence-electron chi connectivity index (χ0n) is 10.9. The first-order valence-electron chi connectivity index (χ1n) is 5.64. The summed E-state index contributed by atoms with van der Waals surface area (Å²) < 4.78 is 9.36. The number of aliphatic hydroxyl groups is 1. The monoisotopic (exact) mass is 283 g/mol. The molecule has 1 heterocycles. The van der Waals surface area contributed by atoms with Crippen molar-refractivity contribution in [3.63, 3.8) is 0 Å². The van der Waals surface area contributed by atoms with Gasteiger partial charge < -0.3 is 20.4 Å². The van der Waals surface area contributed by atoms with Gasteiger partial charge in [-0.05, 0) is 13.8 Å². The molecule has 0 saturated heterocycles. The van der Waals surface area contributed by atoms with E-state index < -0.39 is 33.6 Å². The summed E-state index contributed by atoms with van der Waals surface area (Å²) in [7, 11) is 0. The number of rotatable bonds is 4. The first-order chi connectivity index (χ1) is 9.47. The highest BCUT2D eigenvalue weighted by molar-refractivity contribution is 5.88. The first-order valence-corrected chi connectivity index (χ1v) is 5.64. The quantitative estimate of drug-likeness (QED) is 0.450. The van der Waals surface area contributed by atoms with Gasteiger partial charge in [-0.25, -0.2) is 9.59 Å². The molecule has 0 atom stereocenters. The minimum absolute atomic E-state index is 0.0235. The second-order valence-electron chi connectivity index (χ2n) is 3.41. The molecule has 0 fully saturated rings. The molecule has 0 amide bonds. The highest BCUT2D eigenvalue weighted by atomic mass is 16.6. The van der Waals surface area contributed by atoms with Gasteiger partial charge in [0.2, 0.25) is 10.8 Å². The van der Waals surface area contributed by atoms with E-state index in [1.165, 1.54) is 5.94 Å². The molecule has 0 aliphatic heterocycles. The maximum Gasteiger partial charge on any atom is 0.360 e. The second-order valence-corrected chi connectivity index (χ2v) is 3.41. The van der Waals surface area contributed by atoms with Gasteiger partial charge in [-0.3, -0.25) is 4.79 Å². The van der Waals surface area contributed by atoms with Crippen LogP contribution in [-0.4, -0.2) is 40.1 Å². The van der Waals surface area contributed by atoms with Crippen LogP contribution >= 0.6 is 0 Å². The van der Waals surface area contributed by atoms with Crippen molar-refractivity contribution in [1.82, 2.24) is 9.89 Å². The normalized spacial score (nSPS) is 11.5. The molecule has 3 N–H and O–H groups in total. The molecule has 0 spiro atoms. The van der Waals surface area contributed by atoms with Gasteiger partial charge in [-0.1, -0.05) is 0 Å². The van der Waals surface area contributed by atoms with Crippen LogP contribution in [0.4, 0.5) is 0 Å². The second kappa shape index (κ2) is 6.39. The summed E-state index contributed by atoms with van der Waals surface area (Å²) in [5.41, 5.74) is -1.62. The van der Waals surface area contributed by atoms with E-state index in [-0.39, 0.29) is 13.2 Å². The van der Waals surface area contributed by atoms with E-state index in [0.29, 0.717) is 4.79 Å². The van der Waals surface area contributed by atoms with Crippen molar-refractivity contribution in [2.45, 2.75) is 13.8 Å². The lowest BCUT2D eigenvalue weighted by Gasteiger charge is -2.05. The zero-order valence-corrected chi connectivity index (χ0v) is 10.9. The van der Waals surface area contributed by atoms with Crippen LogP contribution in [0.5, 0.6) is 0 Å². The Morgan fingerprint density at radius 2 is 2.00 bits per heavy atom. The molecule has 9 nitrogen and oxygen atoms in total. The van der Waals surface area contributed by atoms with Gasteiger partial charge in [0.25, 0.3) is 0 Å². The van der Waals surface area contributed by atoms with Crippen LogP contribution in [0.2, 0.25) is 0 Å². The van der Waals surface area contributed by atoms with Crippen molar-refractivity contribution in [3.8, 4) is 0 Å². The number of carbonyl (C=O) groups is 1. The van der Waals surface area contributed by atoms with Crippen LogP contribution in [0.15, 0.2) is 4.79 Å². The number of nitrogens with two attached hydrogens (primary N) is 1. The Hall–Kier alpha value is -2.80.